The van der Waals surface area contributed by atoms with Crippen LogP contribution >= 0.6 is 27.5 Å². The Morgan fingerprint density at radius 3 is 2.83 bits per heavy atom. The SMILES string of the molecule is NC(=O)Oc1cc(Br)ccc1Cl. The number of carbonyl (C=O) groups excluding carboxylic acids is 1. The number of halogens is 2. The second-order valence-electron chi connectivity index (χ2n) is 2.00. The van der Waals surface area contributed by atoms with E-state index < -0.39 is 6.09 Å². The summed E-state index contributed by atoms with van der Waals surface area (Å²) in [5, 5.41) is 0.344. The van der Waals surface area contributed by atoms with Gasteiger partial charge in [0.15, 0.2) is 5.75 Å². The molecule has 3 nitrogen and oxygen atoms in total. The highest BCUT2D eigenvalue weighted by Crippen LogP contribution is 2.27. The van der Waals surface area contributed by atoms with Crippen molar-refractivity contribution in [2.75, 3.05) is 0 Å². The summed E-state index contributed by atoms with van der Waals surface area (Å²) >= 11 is 8.88. The second-order valence-corrected chi connectivity index (χ2v) is 3.32. The predicted molar refractivity (Wildman–Crippen MR) is 49.4 cm³/mol. The predicted octanol–water partition coefficient (Wildman–Crippen LogP) is 2.56. The highest BCUT2D eigenvalue weighted by Gasteiger charge is 2.04. The topological polar surface area (TPSA) is 52.3 Å². The van der Waals surface area contributed by atoms with E-state index in [0.717, 1.165) is 4.47 Å². The summed E-state index contributed by atoms with van der Waals surface area (Å²) < 4.78 is 5.37. The molecule has 0 atom stereocenters. The molecule has 0 saturated carbocycles. The summed E-state index contributed by atoms with van der Waals surface area (Å²) in [6.45, 7) is 0. The Labute approximate surface area is 82.6 Å². The van der Waals surface area contributed by atoms with Gasteiger partial charge in [-0.1, -0.05) is 27.5 Å². The molecule has 12 heavy (non-hydrogen) atoms. The van der Waals surface area contributed by atoms with Crippen molar-refractivity contribution in [2.45, 2.75) is 0 Å². The molecule has 5 heteroatoms. The number of carbonyl (C=O) groups is 1. The van der Waals surface area contributed by atoms with Crippen molar-refractivity contribution < 1.29 is 9.53 Å². The molecule has 0 aromatic heterocycles. The van der Waals surface area contributed by atoms with Gasteiger partial charge in [0, 0.05) is 4.47 Å². The number of nitrogens with two attached hydrogens (primary N) is 1. The fourth-order valence-corrected chi connectivity index (χ4v) is 1.16. The molecule has 2 N–H and O–H groups in total. The van der Waals surface area contributed by atoms with Gasteiger partial charge in [-0.3, -0.25) is 0 Å². The first-order chi connectivity index (χ1) is 5.59. The van der Waals surface area contributed by atoms with Gasteiger partial charge < -0.3 is 10.5 Å². The third-order valence-corrected chi connectivity index (χ3v) is 1.91. The van der Waals surface area contributed by atoms with Crippen molar-refractivity contribution in [1.29, 1.82) is 0 Å². The molecule has 1 amide bonds. The van der Waals surface area contributed by atoms with Crippen LogP contribution in [0, 0.1) is 0 Å². The van der Waals surface area contributed by atoms with Crippen LogP contribution in [0.2, 0.25) is 5.02 Å². The lowest BCUT2D eigenvalue weighted by molar-refractivity contribution is 0.211. The Bertz CT molecular complexity index is 316. The molecule has 0 spiro atoms. The zero-order valence-corrected chi connectivity index (χ0v) is 8.22. The van der Waals surface area contributed by atoms with E-state index in [1.54, 1.807) is 18.2 Å². The Hall–Kier alpha value is -0.740. The lowest BCUT2D eigenvalue weighted by atomic mass is 10.3. The number of ether oxygens (including phenoxy) is 1. The van der Waals surface area contributed by atoms with Gasteiger partial charge in [0.2, 0.25) is 0 Å². The van der Waals surface area contributed by atoms with Gasteiger partial charge in [0.1, 0.15) is 0 Å². The summed E-state index contributed by atoms with van der Waals surface area (Å²) in [5.41, 5.74) is 4.81. The maximum Gasteiger partial charge on any atom is 0.410 e. The Morgan fingerprint density at radius 1 is 1.58 bits per heavy atom. The lowest BCUT2D eigenvalue weighted by Crippen LogP contribution is -2.16. The van der Waals surface area contributed by atoms with Crippen LogP contribution < -0.4 is 10.5 Å². The molecule has 0 aliphatic rings. The average molecular weight is 250 g/mol. The third kappa shape index (κ3) is 2.39. The standard InChI is InChI=1S/C7H5BrClNO2/c8-4-1-2-5(9)6(3-4)12-7(10)11/h1-3H,(H2,10,11). The maximum atomic E-state index is 10.4. The molecule has 0 saturated heterocycles. The number of benzene rings is 1. The number of primary amides is 1. The van der Waals surface area contributed by atoms with Gasteiger partial charge in [-0.05, 0) is 18.2 Å². The Kier molecular flexibility index (Phi) is 2.94. The van der Waals surface area contributed by atoms with Crippen LogP contribution in [0.3, 0.4) is 0 Å². The fourth-order valence-electron chi connectivity index (χ4n) is 0.664. The molecular formula is C7H5BrClNO2. The summed E-state index contributed by atoms with van der Waals surface area (Å²) in [6, 6.07) is 4.90. The van der Waals surface area contributed by atoms with E-state index >= 15 is 0 Å². The minimum atomic E-state index is -0.880. The van der Waals surface area contributed by atoms with E-state index in [1.807, 2.05) is 0 Å². The molecule has 1 rings (SSSR count). The molecule has 64 valence electrons. The van der Waals surface area contributed by atoms with Gasteiger partial charge in [0.25, 0.3) is 0 Å². The van der Waals surface area contributed by atoms with Gasteiger partial charge in [0.05, 0.1) is 5.02 Å². The van der Waals surface area contributed by atoms with Crippen molar-refractivity contribution in [2.24, 2.45) is 5.73 Å². The summed E-state index contributed by atoms with van der Waals surface area (Å²) in [5.74, 6) is 0.249. The zero-order chi connectivity index (χ0) is 9.14. The van der Waals surface area contributed by atoms with Crippen LogP contribution in [-0.2, 0) is 0 Å². The summed E-state index contributed by atoms with van der Waals surface area (Å²) in [7, 11) is 0. The molecule has 0 aliphatic carbocycles. The van der Waals surface area contributed by atoms with E-state index in [1.165, 1.54) is 0 Å². The summed E-state index contributed by atoms with van der Waals surface area (Å²) in [6.07, 6.45) is -0.880. The van der Waals surface area contributed by atoms with Crippen LogP contribution in [0.1, 0.15) is 0 Å². The van der Waals surface area contributed by atoms with E-state index in [4.69, 9.17) is 17.3 Å². The molecule has 0 fully saturated rings. The quantitative estimate of drug-likeness (QED) is 0.833. The maximum absolute atomic E-state index is 10.4. The van der Waals surface area contributed by atoms with Crippen LogP contribution in [0.5, 0.6) is 5.75 Å². The Balaban J connectivity index is 2.97. The van der Waals surface area contributed by atoms with Crippen LogP contribution in [-0.4, -0.2) is 6.09 Å². The summed E-state index contributed by atoms with van der Waals surface area (Å²) in [4.78, 5) is 10.4. The monoisotopic (exact) mass is 249 g/mol. The number of hydrogen-bond donors (Lipinski definition) is 1. The first-order valence-electron chi connectivity index (χ1n) is 3.02. The van der Waals surface area contributed by atoms with Gasteiger partial charge in [-0.25, -0.2) is 4.79 Å². The number of amides is 1. The van der Waals surface area contributed by atoms with Crippen molar-refractivity contribution in [1.82, 2.24) is 0 Å². The molecule has 0 radical (unpaired) electrons. The second kappa shape index (κ2) is 3.78. The highest BCUT2D eigenvalue weighted by molar-refractivity contribution is 9.10. The van der Waals surface area contributed by atoms with Crippen molar-refractivity contribution in [3.63, 3.8) is 0 Å². The molecule has 0 heterocycles. The van der Waals surface area contributed by atoms with Crippen molar-refractivity contribution in [3.8, 4) is 5.75 Å². The molecule has 0 aliphatic heterocycles. The molecule has 0 bridgehead atoms. The largest absolute Gasteiger partial charge is 0.410 e. The van der Waals surface area contributed by atoms with E-state index in [9.17, 15) is 4.79 Å². The van der Waals surface area contributed by atoms with E-state index in [-0.39, 0.29) is 5.75 Å². The van der Waals surface area contributed by atoms with Crippen LogP contribution in [0.15, 0.2) is 22.7 Å². The molecular weight excluding hydrogens is 245 g/mol. The van der Waals surface area contributed by atoms with Crippen molar-refractivity contribution in [3.05, 3.63) is 27.7 Å². The van der Waals surface area contributed by atoms with Gasteiger partial charge in [-0.2, -0.15) is 0 Å². The lowest BCUT2D eigenvalue weighted by Gasteiger charge is -2.02. The normalized spacial score (nSPS) is 9.50. The molecule has 0 unspecified atom stereocenters. The first kappa shape index (κ1) is 9.35. The highest BCUT2D eigenvalue weighted by atomic mass is 79.9. The minimum Gasteiger partial charge on any atom is -0.409 e. The molecule has 1 aromatic rings. The third-order valence-electron chi connectivity index (χ3n) is 1.10. The Morgan fingerprint density at radius 2 is 2.25 bits per heavy atom. The fraction of sp³-hybridized carbons (Fsp3) is 0. The van der Waals surface area contributed by atoms with E-state index in [2.05, 4.69) is 20.7 Å². The van der Waals surface area contributed by atoms with E-state index in [0.29, 0.717) is 5.02 Å². The molecule has 1 aromatic carbocycles. The van der Waals surface area contributed by atoms with Gasteiger partial charge in [-0.15, -0.1) is 0 Å². The smallest absolute Gasteiger partial charge is 0.409 e. The van der Waals surface area contributed by atoms with Gasteiger partial charge >= 0.3 is 6.09 Å². The minimum absolute atomic E-state index is 0.249. The van der Waals surface area contributed by atoms with Crippen LogP contribution in [0.25, 0.3) is 0 Å². The van der Waals surface area contributed by atoms with Crippen molar-refractivity contribution >= 4 is 33.6 Å². The zero-order valence-electron chi connectivity index (χ0n) is 5.88. The van der Waals surface area contributed by atoms with Crippen LogP contribution in [0.4, 0.5) is 4.79 Å². The average Bonchev–Trinajstić information content (AvgIpc) is 1.96. The first-order valence-corrected chi connectivity index (χ1v) is 4.19. The number of rotatable bonds is 1. The number of hydrogen-bond acceptors (Lipinski definition) is 2.